The summed E-state index contributed by atoms with van der Waals surface area (Å²) in [5.74, 6) is 1.00. The van der Waals surface area contributed by atoms with Gasteiger partial charge in [0.25, 0.3) is 0 Å². The van der Waals surface area contributed by atoms with Gasteiger partial charge >= 0.3 is 5.97 Å². The summed E-state index contributed by atoms with van der Waals surface area (Å²) in [4.78, 5) is 12.0. The number of hydrogen-bond acceptors (Lipinski definition) is 3. The van der Waals surface area contributed by atoms with Crippen molar-refractivity contribution in [2.45, 2.75) is 53.6 Å². The van der Waals surface area contributed by atoms with Gasteiger partial charge in [-0.2, -0.15) is 0 Å². The molecule has 0 aliphatic carbocycles. The summed E-state index contributed by atoms with van der Waals surface area (Å²) in [6.07, 6.45) is 0.740. The molecule has 0 amide bonds. The Kier molecular flexibility index (Phi) is 4.61. The summed E-state index contributed by atoms with van der Waals surface area (Å²) in [7, 11) is 0. The first-order valence-corrected chi connectivity index (χ1v) is 6.65. The highest BCUT2D eigenvalue weighted by atomic mass is 16.5. The number of carbonyl (C=O) groups is 1. The molecule has 0 heterocycles. The molecule has 0 saturated carbocycles. The predicted octanol–water partition coefficient (Wildman–Crippen LogP) is 4.21. The van der Waals surface area contributed by atoms with Crippen LogP contribution in [0.4, 0.5) is 0 Å². The maximum absolute atomic E-state index is 12.0. The van der Waals surface area contributed by atoms with E-state index in [0.29, 0.717) is 11.5 Å². The summed E-state index contributed by atoms with van der Waals surface area (Å²) in [6.45, 7) is 11.7. The normalized spacial score (nSPS) is 12.1. The van der Waals surface area contributed by atoms with Crippen LogP contribution in [-0.2, 0) is 4.79 Å². The van der Waals surface area contributed by atoms with Gasteiger partial charge in [-0.05, 0) is 53.2 Å². The van der Waals surface area contributed by atoms with Crippen LogP contribution < -0.4 is 9.47 Å². The molecule has 3 heteroatoms. The van der Waals surface area contributed by atoms with Crippen LogP contribution >= 0.6 is 0 Å². The molecule has 106 valence electrons. The SMILES string of the molecule is CCC(C)(C)C(=O)Oc1cccc(OC(C)(C)C)c1. The van der Waals surface area contributed by atoms with E-state index in [2.05, 4.69) is 0 Å². The molecule has 0 radical (unpaired) electrons. The standard InChI is InChI=1S/C16H24O3/c1-7-16(5,6)14(17)18-12-9-8-10-13(11-12)19-15(2,3)4/h8-11H,7H2,1-6H3. The van der Waals surface area contributed by atoms with Gasteiger partial charge in [-0.25, -0.2) is 0 Å². The van der Waals surface area contributed by atoms with Crippen molar-refractivity contribution >= 4 is 5.97 Å². The van der Waals surface area contributed by atoms with Crippen LogP contribution in [0.25, 0.3) is 0 Å². The van der Waals surface area contributed by atoms with Crippen LogP contribution in [-0.4, -0.2) is 11.6 Å². The van der Waals surface area contributed by atoms with Crippen LogP contribution in [0.15, 0.2) is 24.3 Å². The van der Waals surface area contributed by atoms with Crippen molar-refractivity contribution in [3.8, 4) is 11.5 Å². The van der Waals surface area contributed by atoms with Crippen molar-refractivity contribution in [2.24, 2.45) is 5.41 Å². The van der Waals surface area contributed by atoms with Crippen LogP contribution in [0.5, 0.6) is 11.5 Å². The Labute approximate surface area is 115 Å². The molecule has 0 aromatic heterocycles. The van der Waals surface area contributed by atoms with E-state index in [1.807, 2.05) is 53.7 Å². The minimum atomic E-state index is -0.471. The van der Waals surface area contributed by atoms with Crippen molar-refractivity contribution < 1.29 is 14.3 Å². The monoisotopic (exact) mass is 264 g/mol. The van der Waals surface area contributed by atoms with E-state index >= 15 is 0 Å². The minimum absolute atomic E-state index is 0.220. The number of esters is 1. The van der Waals surface area contributed by atoms with E-state index < -0.39 is 5.41 Å². The zero-order valence-corrected chi connectivity index (χ0v) is 12.7. The molecule has 0 N–H and O–H groups in total. The van der Waals surface area contributed by atoms with Crippen molar-refractivity contribution in [3.63, 3.8) is 0 Å². The molecule has 0 saturated heterocycles. The Balaban J connectivity index is 2.81. The van der Waals surface area contributed by atoms with Crippen LogP contribution in [0.3, 0.4) is 0 Å². The zero-order valence-electron chi connectivity index (χ0n) is 12.7. The molecule has 0 fully saturated rings. The lowest BCUT2D eigenvalue weighted by Crippen LogP contribution is -2.28. The van der Waals surface area contributed by atoms with Crippen LogP contribution in [0.2, 0.25) is 0 Å². The second-order valence-electron chi connectivity index (χ2n) is 6.32. The summed E-state index contributed by atoms with van der Waals surface area (Å²) < 4.78 is 11.2. The third-order valence-corrected chi connectivity index (χ3v) is 2.88. The third kappa shape index (κ3) is 4.93. The van der Waals surface area contributed by atoms with Crippen molar-refractivity contribution in [1.82, 2.24) is 0 Å². The Morgan fingerprint density at radius 3 is 2.21 bits per heavy atom. The Bertz CT molecular complexity index is 442. The first-order chi connectivity index (χ1) is 8.64. The van der Waals surface area contributed by atoms with Gasteiger partial charge in [-0.1, -0.05) is 13.0 Å². The molecular weight excluding hydrogens is 240 g/mol. The Morgan fingerprint density at radius 1 is 1.11 bits per heavy atom. The van der Waals surface area contributed by atoms with E-state index in [0.717, 1.165) is 6.42 Å². The number of hydrogen-bond donors (Lipinski definition) is 0. The smallest absolute Gasteiger partial charge is 0.316 e. The zero-order chi connectivity index (χ0) is 14.7. The van der Waals surface area contributed by atoms with E-state index in [4.69, 9.17) is 9.47 Å². The summed E-state index contributed by atoms with van der Waals surface area (Å²) >= 11 is 0. The first kappa shape index (κ1) is 15.5. The lowest BCUT2D eigenvalue weighted by molar-refractivity contribution is -0.144. The van der Waals surface area contributed by atoms with Crippen LogP contribution in [0, 0.1) is 5.41 Å². The lowest BCUT2D eigenvalue weighted by atomic mass is 9.91. The summed E-state index contributed by atoms with van der Waals surface area (Å²) in [5, 5.41) is 0. The molecule has 0 unspecified atom stereocenters. The average Bonchev–Trinajstić information content (AvgIpc) is 2.27. The molecule has 0 aliphatic heterocycles. The molecule has 19 heavy (non-hydrogen) atoms. The number of ether oxygens (including phenoxy) is 2. The summed E-state index contributed by atoms with van der Waals surface area (Å²) in [6, 6.07) is 7.18. The van der Waals surface area contributed by atoms with Crippen LogP contribution in [0.1, 0.15) is 48.0 Å². The quantitative estimate of drug-likeness (QED) is 0.603. The van der Waals surface area contributed by atoms with E-state index in [1.165, 1.54) is 0 Å². The highest BCUT2D eigenvalue weighted by Gasteiger charge is 2.27. The van der Waals surface area contributed by atoms with Crippen molar-refractivity contribution in [2.75, 3.05) is 0 Å². The van der Waals surface area contributed by atoms with Crippen molar-refractivity contribution in [1.29, 1.82) is 0 Å². The third-order valence-electron chi connectivity index (χ3n) is 2.88. The number of benzene rings is 1. The second-order valence-corrected chi connectivity index (χ2v) is 6.32. The first-order valence-electron chi connectivity index (χ1n) is 6.65. The minimum Gasteiger partial charge on any atom is -0.488 e. The van der Waals surface area contributed by atoms with Gasteiger partial charge in [-0.3, -0.25) is 4.79 Å². The van der Waals surface area contributed by atoms with Gasteiger partial charge in [0.15, 0.2) is 0 Å². The van der Waals surface area contributed by atoms with Gasteiger partial charge in [0.2, 0.25) is 0 Å². The molecule has 0 bridgehead atoms. The topological polar surface area (TPSA) is 35.5 Å². The van der Waals surface area contributed by atoms with E-state index in [-0.39, 0.29) is 11.6 Å². The fourth-order valence-corrected chi connectivity index (χ4v) is 1.34. The van der Waals surface area contributed by atoms with E-state index in [1.54, 1.807) is 12.1 Å². The molecule has 1 rings (SSSR count). The number of rotatable bonds is 4. The molecule has 1 aromatic carbocycles. The fraction of sp³-hybridized carbons (Fsp3) is 0.562. The van der Waals surface area contributed by atoms with Gasteiger partial charge in [-0.15, -0.1) is 0 Å². The highest BCUT2D eigenvalue weighted by molar-refractivity contribution is 5.78. The molecule has 0 aliphatic rings. The van der Waals surface area contributed by atoms with E-state index in [9.17, 15) is 4.79 Å². The van der Waals surface area contributed by atoms with Gasteiger partial charge in [0.1, 0.15) is 17.1 Å². The Hall–Kier alpha value is -1.51. The van der Waals surface area contributed by atoms with Crippen molar-refractivity contribution in [3.05, 3.63) is 24.3 Å². The maximum Gasteiger partial charge on any atom is 0.316 e. The molecular formula is C16H24O3. The molecule has 0 spiro atoms. The largest absolute Gasteiger partial charge is 0.488 e. The second kappa shape index (κ2) is 5.64. The van der Waals surface area contributed by atoms with Gasteiger partial charge < -0.3 is 9.47 Å². The Morgan fingerprint density at radius 2 is 1.68 bits per heavy atom. The summed E-state index contributed by atoms with van der Waals surface area (Å²) in [5.41, 5.74) is -0.744. The lowest BCUT2D eigenvalue weighted by Gasteiger charge is -2.22. The molecule has 3 nitrogen and oxygen atoms in total. The predicted molar refractivity (Wildman–Crippen MR) is 76.5 cm³/mol. The highest BCUT2D eigenvalue weighted by Crippen LogP contribution is 2.27. The average molecular weight is 264 g/mol. The molecule has 0 atom stereocenters. The molecule has 1 aromatic rings. The number of carbonyl (C=O) groups excluding carboxylic acids is 1. The van der Waals surface area contributed by atoms with Gasteiger partial charge in [0, 0.05) is 6.07 Å². The van der Waals surface area contributed by atoms with Gasteiger partial charge in [0.05, 0.1) is 5.41 Å². The maximum atomic E-state index is 12.0. The fourth-order valence-electron chi connectivity index (χ4n) is 1.34.